The lowest BCUT2D eigenvalue weighted by Gasteiger charge is -2.25. The number of carbonyl (C=O) groups is 1. The molecule has 1 unspecified atom stereocenters. The van der Waals surface area contributed by atoms with Gasteiger partial charge in [0.1, 0.15) is 0 Å². The maximum absolute atomic E-state index is 11.4. The Morgan fingerprint density at radius 2 is 2.23 bits per heavy atom. The maximum atomic E-state index is 11.4. The lowest BCUT2D eigenvalue weighted by atomic mass is 9.85. The second-order valence-electron chi connectivity index (χ2n) is 3.93. The summed E-state index contributed by atoms with van der Waals surface area (Å²) in [6.07, 6.45) is 2.48. The van der Waals surface area contributed by atoms with E-state index in [1.165, 1.54) is 0 Å². The largest absolute Gasteiger partial charge is 0.396 e. The predicted molar refractivity (Wildman–Crippen MR) is 51.3 cm³/mol. The van der Waals surface area contributed by atoms with Crippen molar-refractivity contribution in [3.63, 3.8) is 0 Å². The van der Waals surface area contributed by atoms with E-state index in [0.717, 1.165) is 25.9 Å². The fourth-order valence-corrected chi connectivity index (χ4v) is 1.90. The highest BCUT2D eigenvalue weighted by molar-refractivity contribution is 5.76. The average Bonchev–Trinajstić information content (AvgIpc) is 2.61. The van der Waals surface area contributed by atoms with Crippen LogP contribution in [0, 0.1) is 5.41 Å². The predicted octanol–water partition coefficient (Wildman–Crippen LogP) is 1.02. The maximum Gasteiger partial charge on any atom is 0.222 e. The van der Waals surface area contributed by atoms with Crippen LogP contribution in [0.25, 0.3) is 0 Å². The molecule has 1 heterocycles. The van der Waals surface area contributed by atoms with Crippen LogP contribution in [-0.4, -0.2) is 35.6 Å². The Morgan fingerprint density at radius 1 is 1.54 bits per heavy atom. The first-order valence-corrected chi connectivity index (χ1v) is 5.06. The number of hydrogen-bond acceptors (Lipinski definition) is 2. The quantitative estimate of drug-likeness (QED) is 0.713. The lowest BCUT2D eigenvalue weighted by Crippen LogP contribution is -2.33. The van der Waals surface area contributed by atoms with Gasteiger partial charge in [-0.05, 0) is 12.8 Å². The molecule has 1 rings (SSSR count). The van der Waals surface area contributed by atoms with E-state index in [1.807, 2.05) is 11.8 Å². The van der Waals surface area contributed by atoms with Crippen LogP contribution in [-0.2, 0) is 4.79 Å². The molecule has 3 heteroatoms. The number of aliphatic hydroxyl groups excluding tert-OH is 1. The molecular weight excluding hydrogens is 166 g/mol. The second kappa shape index (κ2) is 4.09. The number of nitrogens with zero attached hydrogens (tertiary/aromatic N) is 1. The van der Waals surface area contributed by atoms with Gasteiger partial charge in [0.2, 0.25) is 5.91 Å². The Labute approximate surface area is 79.7 Å². The Kier molecular flexibility index (Phi) is 3.31. The van der Waals surface area contributed by atoms with Gasteiger partial charge in [-0.3, -0.25) is 4.79 Å². The molecule has 76 valence electrons. The van der Waals surface area contributed by atoms with Gasteiger partial charge in [-0.25, -0.2) is 0 Å². The number of carbonyl (C=O) groups excluding carboxylic acids is 1. The Morgan fingerprint density at radius 3 is 2.62 bits per heavy atom. The van der Waals surface area contributed by atoms with E-state index < -0.39 is 0 Å². The molecule has 0 saturated carbocycles. The summed E-state index contributed by atoms with van der Waals surface area (Å²) in [5.74, 6) is 0.212. The average molecular weight is 185 g/mol. The molecule has 0 aromatic carbocycles. The zero-order chi connectivity index (χ0) is 9.90. The van der Waals surface area contributed by atoms with E-state index >= 15 is 0 Å². The molecule has 1 N–H and O–H groups in total. The van der Waals surface area contributed by atoms with Crippen molar-refractivity contribution in [3.05, 3.63) is 0 Å². The molecule has 0 aliphatic carbocycles. The molecule has 0 aromatic heterocycles. The minimum Gasteiger partial charge on any atom is -0.396 e. The van der Waals surface area contributed by atoms with Crippen LogP contribution >= 0.6 is 0 Å². The van der Waals surface area contributed by atoms with Gasteiger partial charge in [0.25, 0.3) is 0 Å². The number of hydrogen-bond donors (Lipinski definition) is 1. The van der Waals surface area contributed by atoms with Gasteiger partial charge in [0.15, 0.2) is 0 Å². The zero-order valence-corrected chi connectivity index (χ0v) is 8.55. The molecule has 0 aromatic rings. The first-order valence-electron chi connectivity index (χ1n) is 5.06. The Bertz CT molecular complexity index is 187. The lowest BCUT2D eigenvalue weighted by molar-refractivity contribution is -0.130. The molecule has 0 spiro atoms. The number of amides is 1. The fourth-order valence-electron chi connectivity index (χ4n) is 1.90. The van der Waals surface area contributed by atoms with Crippen molar-refractivity contribution >= 4 is 5.91 Å². The van der Waals surface area contributed by atoms with Crippen molar-refractivity contribution in [2.24, 2.45) is 5.41 Å². The van der Waals surface area contributed by atoms with Gasteiger partial charge >= 0.3 is 0 Å². The standard InChI is InChI=1S/C10H19NO2/c1-3-9(13)11-6-5-10(4-2,7-11)8-12/h12H,3-8H2,1-2H3. The highest BCUT2D eigenvalue weighted by Crippen LogP contribution is 2.33. The fraction of sp³-hybridized carbons (Fsp3) is 0.900. The molecule has 0 radical (unpaired) electrons. The summed E-state index contributed by atoms with van der Waals surface area (Å²) in [5.41, 5.74) is -0.00910. The van der Waals surface area contributed by atoms with Gasteiger partial charge in [-0.1, -0.05) is 13.8 Å². The van der Waals surface area contributed by atoms with Gasteiger partial charge < -0.3 is 10.0 Å². The monoisotopic (exact) mass is 185 g/mol. The van der Waals surface area contributed by atoms with Crippen molar-refractivity contribution < 1.29 is 9.90 Å². The van der Waals surface area contributed by atoms with E-state index in [2.05, 4.69) is 6.92 Å². The Hall–Kier alpha value is -0.570. The Balaban J connectivity index is 2.56. The van der Waals surface area contributed by atoms with Crippen LogP contribution in [0.3, 0.4) is 0 Å². The molecular formula is C10H19NO2. The molecule has 1 fully saturated rings. The highest BCUT2D eigenvalue weighted by Gasteiger charge is 2.37. The summed E-state index contributed by atoms with van der Waals surface area (Å²) in [5, 5.41) is 9.25. The summed E-state index contributed by atoms with van der Waals surface area (Å²) in [6, 6.07) is 0. The van der Waals surface area contributed by atoms with Crippen LogP contribution in [0.4, 0.5) is 0 Å². The SMILES string of the molecule is CCC(=O)N1CCC(CC)(CO)C1. The van der Waals surface area contributed by atoms with Crippen LogP contribution in [0.1, 0.15) is 33.1 Å². The van der Waals surface area contributed by atoms with Gasteiger partial charge in [-0.2, -0.15) is 0 Å². The third kappa shape index (κ3) is 2.02. The normalized spacial score (nSPS) is 28.1. The van der Waals surface area contributed by atoms with E-state index in [-0.39, 0.29) is 17.9 Å². The van der Waals surface area contributed by atoms with Crippen LogP contribution in [0.5, 0.6) is 0 Å². The second-order valence-corrected chi connectivity index (χ2v) is 3.93. The number of rotatable bonds is 3. The van der Waals surface area contributed by atoms with E-state index in [4.69, 9.17) is 0 Å². The highest BCUT2D eigenvalue weighted by atomic mass is 16.3. The molecule has 1 amide bonds. The molecule has 1 aliphatic rings. The molecule has 1 atom stereocenters. The van der Waals surface area contributed by atoms with E-state index in [9.17, 15) is 9.90 Å². The smallest absolute Gasteiger partial charge is 0.222 e. The topological polar surface area (TPSA) is 40.5 Å². The molecule has 1 aliphatic heterocycles. The van der Waals surface area contributed by atoms with Crippen molar-refractivity contribution in [1.82, 2.24) is 4.90 Å². The first kappa shape index (κ1) is 10.5. The van der Waals surface area contributed by atoms with Crippen LogP contribution in [0.15, 0.2) is 0 Å². The van der Waals surface area contributed by atoms with E-state index in [1.54, 1.807) is 0 Å². The summed E-state index contributed by atoms with van der Waals surface area (Å²) in [6.45, 7) is 5.73. The van der Waals surface area contributed by atoms with Crippen LogP contribution < -0.4 is 0 Å². The molecule has 0 bridgehead atoms. The summed E-state index contributed by atoms with van der Waals surface area (Å²) < 4.78 is 0. The van der Waals surface area contributed by atoms with Gasteiger partial charge in [-0.15, -0.1) is 0 Å². The third-order valence-corrected chi connectivity index (χ3v) is 3.18. The van der Waals surface area contributed by atoms with Crippen molar-refractivity contribution in [2.75, 3.05) is 19.7 Å². The van der Waals surface area contributed by atoms with Crippen molar-refractivity contribution in [3.8, 4) is 0 Å². The van der Waals surface area contributed by atoms with E-state index in [0.29, 0.717) is 6.42 Å². The third-order valence-electron chi connectivity index (χ3n) is 3.18. The summed E-state index contributed by atoms with van der Waals surface area (Å²) in [4.78, 5) is 13.3. The van der Waals surface area contributed by atoms with Gasteiger partial charge in [0.05, 0.1) is 6.61 Å². The number of aliphatic hydroxyl groups is 1. The molecule has 13 heavy (non-hydrogen) atoms. The van der Waals surface area contributed by atoms with Gasteiger partial charge in [0, 0.05) is 24.9 Å². The zero-order valence-electron chi connectivity index (χ0n) is 8.55. The minimum atomic E-state index is -0.00910. The molecule has 1 saturated heterocycles. The minimum absolute atomic E-state index is 0.00910. The number of likely N-dealkylation sites (tertiary alicyclic amines) is 1. The summed E-state index contributed by atoms with van der Waals surface area (Å²) in [7, 11) is 0. The van der Waals surface area contributed by atoms with Crippen molar-refractivity contribution in [2.45, 2.75) is 33.1 Å². The summed E-state index contributed by atoms with van der Waals surface area (Å²) >= 11 is 0. The van der Waals surface area contributed by atoms with Crippen molar-refractivity contribution in [1.29, 1.82) is 0 Å². The first-order chi connectivity index (χ1) is 6.17. The van der Waals surface area contributed by atoms with Crippen LogP contribution in [0.2, 0.25) is 0 Å². The molecule has 3 nitrogen and oxygen atoms in total.